The molecule has 0 fully saturated rings. The Bertz CT molecular complexity index is 1460. The Balaban J connectivity index is 1.34. The lowest BCUT2D eigenvalue weighted by Gasteiger charge is -2.11. The standard InChI is InChI=1S/C26H25N3O4S2/c1-17-7-8-22(13-18(17)2)29-35(31,32)24-11-9-23(10-12-24)33-15-26(30)28-21-6-4-5-20(14-21)25-16-34-19(3)27-25/h4-14,16,29H,15H2,1-3H3,(H,28,30). The van der Waals surface area contributed by atoms with E-state index in [-0.39, 0.29) is 17.4 Å². The third kappa shape index (κ3) is 6.26. The van der Waals surface area contributed by atoms with Crippen molar-refractivity contribution >= 4 is 38.6 Å². The highest BCUT2D eigenvalue weighted by atomic mass is 32.2. The predicted octanol–water partition coefficient (Wildman–Crippen LogP) is 5.55. The maximum absolute atomic E-state index is 12.7. The highest BCUT2D eigenvalue weighted by molar-refractivity contribution is 7.92. The second-order valence-corrected chi connectivity index (χ2v) is 10.8. The van der Waals surface area contributed by atoms with E-state index in [2.05, 4.69) is 15.0 Å². The summed E-state index contributed by atoms with van der Waals surface area (Å²) in [4.78, 5) is 16.9. The summed E-state index contributed by atoms with van der Waals surface area (Å²) in [5.74, 6) is 0.0571. The number of aryl methyl sites for hydroxylation is 3. The summed E-state index contributed by atoms with van der Waals surface area (Å²) in [6.45, 7) is 5.62. The molecule has 0 aliphatic rings. The van der Waals surface area contributed by atoms with Gasteiger partial charge in [-0.05, 0) is 80.4 Å². The molecule has 0 saturated heterocycles. The van der Waals surface area contributed by atoms with Gasteiger partial charge in [0, 0.05) is 22.3 Å². The minimum absolute atomic E-state index is 0.0987. The summed E-state index contributed by atoms with van der Waals surface area (Å²) in [5.41, 5.74) is 5.00. The molecule has 0 saturated carbocycles. The van der Waals surface area contributed by atoms with E-state index in [0.717, 1.165) is 27.4 Å². The zero-order chi connectivity index (χ0) is 25.0. The zero-order valence-corrected chi connectivity index (χ0v) is 21.2. The summed E-state index contributed by atoms with van der Waals surface area (Å²) in [6, 6.07) is 18.7. The van der Waals surface area contributed by atoms with E-state index < -0.39 is 10.0 Å². The number of carbonyl (C=O) groups is 1. The van der Waals surface area contributed by atoms with Crippen LogP contribution in [0, 0.1) is 20.8 Å². The second-order valence-electron chi connectivity index (χ2n) is 8.05. The largest absolute Gasteiger partial charge is 0.484 e. The number of amides is 1. The average Bonchev–Trinajstić information content (AvgIpc) is 3.27. The van der Waals surface area contributed by atoms with Crippen molar-refractivity contribution < 1.29 is 17.9 Å². The normalized spacial score (nSPS) is 11.2. The van der Waals surface area contributed by atoms with Gasteiger partial charge in [0.1, 0.15) is 5.75 Å². The van der Waals surface area contributed by atoms with E-state index in [4.69, 9.17) is 4.74 Å². The molecular formula is C26H25N3O4S2. The minimum atomic E-state index is -3.75. The molecule has 4 aromatic rings. The number of nitrogens with one attached hydrogen (secondary N) is 2. The van der Waals surface area contributed by atoms with Crippen molar-refractivity contribution in [3.05, 3.63) is 88.2 Å². The van der Waals surface area contributed by atoms with Crippen molar-refractivity contribution in [3.63, 3.8) is 0 Å². The number of nitrogens with zero attached hydrogens (tertiary/aromatic N) is 1. The summed E-state index contributed by atoms with van der Waals surface area (Å²) < 4.78 is 33.5. The number of aromatic nitrogens is 1. The lowest BCUT2D eigenvalue weighted by Crippen LogP contribution is -2.20. The number of hydrogen-bond acceptors (Lipinski definition) is 6. The quantitative estimate of drug-likeness (QED) is 0.326. The topological polar surface area (TPSA) is 97.4 Å². The molecule has 2 N–H and O–H groups in total. The maximum Gasteiger partial charge on any atom is 0.262 e. The van der Waals surface area contributed by atoms with Crippen LogP contribution in [0.5, 0.6) is 5.75 Å². The Morgan fingerprint density at radius 1 is 0.943 bits per heavy atom. The van der Waals surface area contributed by atoms with Crippen LogP contribution in [-0.2, 0) is 14.8 Å². The number of ether oxygens (including phenoxy) is 1. The lowest BCUT2D eigenvalue weighted by atomic mass is 10.1. The highest BCUT2D eigenvalue weighted by Gasteiger charge is 2.15. The van der Waals surface area contributed by atoms with Crippen LogP contribution in [0.3, 0.4) is 0 Å². The Morgan fingerprint density at radius 3 is 2.40 bits per heavy atom. The average molecular weight is 508 g/mol. The summed E-state index contributed by atoms with van der Waals surface area (Å²) in [5, 5.41) is 5.75. The molecule has 0 unspecified atom stereocenters. The van der Waals surface area contributed by atoms with Gasteiger partial charge in [-0.2, -0.15) is 0 Å². The van der Waals surface area contributed by atoms with E-state index in [0.29, 0.717) is 17.1 Å². The first-order valence-corrected chi connectivity index (χ1v) is 13.2. The molecule has 0 bridgehead atoms. The van der Waals surface area contributed by atoms with Crippen LogP contribution in [0.2, 0.25) is 0 Å². The Morgan fingerprint density at radius 2 is 1.71 bits per heavy atom. The molecule has 7 nitrogen and oxygen atoms in total. The summed E-state index contributed by atoms with van der Waals surface area (Å²) >= 11 is 1.57. The van der Waals surface area contributed by atoms with E-state index in [1.165, 1.54) is 24.3 Å². The lowest BCUT2D eigenvalue weighted by molar-refractivity contribution is -0.118. The van der Waals surface area contributed by atoms with Crippen LogP contribution in [0.1, 0.15) is 16.1 Å². The van der Waals surface area contributed by atoms with E-state index in [9.17, 15) is 13.2 Å². The molecule has 1 heterocycles. The first-order chi connectivity index (χ1) is 16.7. The molecule has 0 radical (unpaired) electrons. The number of anilines is 2. The van der Waals surface area contributed by atoms with Crippen molar-refractivity contribution in [1.82, 2.24) is 4.98 Å². The monoisotopic (exact) mass is 507 g/mol. The number of benzene rings is 3. The molecule has 1 aromatic heterocycles. The van der Waals surface area contributed by atoms with Crippen LogP contribution in [0.15, 0.2) is 77.0 Å². The molecule has 1 amide bonds. The van der Waals surface area contributed by atoms with Crippen LogP contribution in [0.4, 0.5) is 11.4 Å². The third-order valence-corrected chi connectivity index (χ3v) is 7.49. The SMILES string of the molecule is Cc1nc(-c2cccc(NC(=O)COc3ccc(S(=O)(=O)Nc4ccc(C)c(C)c4)cc3)c2)cs1. The zero-order valence-electron chi connectivity index (χ0n) is 19.5. The van der Waals surface area contributed by atoms with Gasteiger partial charge >= 0.3 is 0 Å². The molecule has 35 heavy (non-hydrogen) atoms. The van der Waals surface area contributed by atoms with Crippen LogP contribution in [0.25, 0.3) is 11.3 Å². The smallest absolute Gasteiger partial charge is 0.262 e. The summed E-state index contributed by atoms with van der Waals surface area (Å²) in [7, 11) is -3.75. The molecule has 0 spiro atoms. The van der Waals surface area contributed by atoms with E-state index >= 15 is 0 Å². The van der Waals surface area contributed by atoms with Gasteiger partial charge in [0.2, 0.25) is 0 Å². The van der Waals surface area contributed by atoms with E-state index in [1.807, 2.05) is 50.4 Å². The van der Waals surface area contributed by atoms with Crippen molar-refractivity contribution in [2.24, 2.45) is 0 Å². The van der Waals surface area contributed by atoms with Crippen molar-refractivity contribution in [1.29, 1.82) is 0 Å². The number of carbonyl (C=O) groups excluding carboxylic acids is 1. The highest BCUT2D eigenvalue weighted by Crippen LogP contribution is 2.24. The summed E-state index contributed by atoms with van der Waals surface area (Å²) in [6.07, 6.45) is 0. The number of rotatable bonds is 8. The Labute approximate surface area is 208 Å². The number of thiazole rings is 1. The molecule has 0 aliphatic heterocycles. The van der Waals surface area contributed by atoms with Gasteiger partial charge in [0.25, 0.3) is 15.9 Å². The Hall–Kier alpha value is -3.69. The predicted molar refractivity (Wildman–Crippen MR) is 140 cm³/mol. The fraction of sp³-hybridized carbons (Fsp3) is 0.154. The fourth-order valence-electron chi connectivity index (χ4n) is 3.33. The van der Waals surface area contributed by atoms with Gasteiger partial charge in [-0.25, -0.2) is 13.4 Å². The molecule has 4 rings (SSSR count). The number of sulfonamides is 1. The van der Waals surface area contributed by atoms with Crippen LogP contribution in [-0.4, -0.2) is 25.9 Å². The molecule has 9 heteroatoms. The molecule has 180 valence electrons. The van der Waals surface area contributed by atoms with Crippen molar-refractivity contribution in [3.8, 4) is 17.0 Å². The minimum Gasteiger partial charge on any atom is -0.484 e. The van der Waals surface area contributed by atoms with Gasteiger partial charge in [0.05, 0.1) is 15.6 Å². The Kier molecular flexibility index (Phi) is 7.18. The first-order valence-electron chi connectivity index (χ1n) is 10.8. The van der Waals surface area contributed by atoms with Crippen molar-refractivity contribution in [2.45, 2.75) is 25.7 Å². The second kappa shape index (κ2) is 10.3. The molecule has 0 atom stereocenters. The van der Waals surface area contributed by atoms with Gasteiger partial charge in [0.15, 0.2) is 6.61 Å². The van der Waals surface area contributed by atoms with Gasteiger partial charge in [-0.3, -0.25) is 9.52 Å². The molecule has 0 aliphatic carbocycles. The van der Waals surface area contributed by atoms with Gasteiger partial charge < -0.3 is 10.1 Å². The third-order valence-electron chi connectivity index (χ3n) is 5.32. The van der Waals surface area contributed by atoms with Crippen LogP contribution < -0.4 is 14.8 Å². The fourth-order valence-corrected chi connectivity index (χ4v) is 5.00. The van der Waals surface area contributed by atoms with E-state index in [1.54, 1.807) is 29.5 Å². The van der Waals surface area contributed by atoms with Crippen LogP contribution >= 0.6 is 11.3 Å². The van der Waals surface area contributed by atoms with Gasteiger partial charge in [-0.15, -0.1) is 11.3 Å². The maximum atomic E-state index is 12.7. The number of hydrogen-bond donors (Lipinski definition) is 2. The first kappa shape index (κ1) is 24.4. The van der Waals surface area contributed by atoms with Gasteiger partial charge in [-0.1, -0.05) is 18.2 Å². The molecule has 3 aromatic carbocycles. The van der Waals surface area contributed by atoms with Crippen molar-refractivity contribution in [2.75, 3.05) is 16.6 Å². The molecular weight excluding hydrogens is 482 g/mol.